The Labute approximate surface area is 126 Å². The van der Waals surface area contributed by atoms with Crippen molar-refractivity contribution in [2.45, 2.75) is 38.1 Å². The van der Waals surface area contributed by atoms with E-state index in [1.54, 1.807) is 7.11 Å². The van der Waals surface area contributed by atoms with E-state index < -0.39 is 5.54 Å². The van der Waals surface area contributed by atoms with Crippen LogP contribution in [0.2, 0.25) is 0 Å². The molecule has 110 valence electrons. The molecule has 0 aliphatic heterocycles. The van der Waals surface area contributed by atoms with Gasteiger partial charge in [-0.05, 0) is 67.0 Å². The largest absolute Gasteiger partial charge is 0.497 e. The van der Waals surface area contributed by atoms with Gasteiger partial charge in [-0.1, -0.05) is 30.3 Å². The van der Waals surface area contributed by atoms with Crippen LogP contribution >= 0.6 is 0 Å². The van der Waals surface area contributed by atoms with E-state index in [9.17, 15) is 0 Å². The summed E-state index contributed by atoms with van der Waals surface area (Å²) in [6.07, 6.45) is 4.98. The summed E-state index contributed by atoms with van der Waals surface area (Å²) in [5, 5.41) is 0. The fraction of sp³-hybridized carbons (Fsp3) is 0.368. The second-order valence-corrected chi connectivity index (χ2v) is 6.12. The lowest BCUT2D eigenvalue weighted by Gasteiger charge is -2.28. The van der Waals surface area contributed by atoms with Crippen LogP contribution in [-0.2, 0) is 18.4 Å². The normalized spacial score (nSPS) is 16.9. The van der Waals surface area contributed by atoms with E-state index >= 15 is 0 Å². The Kier molecular flexibility index (Phi) is 3.73. The van der Waals surface area contributed by atoms with Crippen molar-refractivity contribution in [2.75, 3.05) is 7.11 Å². The van der Waals surface area contributed by atoms with Crippen LogP contribution < -0.4 is 10.5 Å². The molecule has 0 heterocycles. The van der Waals surface area contributed by atoms with E-state index in [-0.39, 0.29) is 0 Å². The van der Waals surface area contributed by atoms with Gasteiger partial charge in [0, 0.05) is 0 Å². The van der Waals surface area contributed by atoms with E-state index in [2.05, 4.69) is 31.2 Å². The molecule has 1 aliphatic rings. The van der Waals surface area contributed by atoms with Gasteiger partial charge in [-0.3, -0.25) is 0 Å². The minimum Gasteiger partial charge on any atom is -0.497 e. The third-order valence-electron chi connectivity index (χ3n) is 4.62. The van der Waals surface area contributed by atoms with Crippen LogP contribution in [0.3, 0.4) is 0 Å². The molecule has 2 heteroatoms. The lowest BCUT2D eigenvalue weighted by molar-refractivity contribution is 0.413. The smallest absolute Gasteiger partial charge is 0.119 e. The number of benzene rings is 2. The minimum atomic E-state index is -0.499. The van der Waals surface area contributed by atoms with E-state index in [0.717, 1.165) is 11.3 Å². The summed E-state index contributed by atoms with van der Waals surface area (Å²) >= 11 is 0. The van der Waals surface area contributed by atoms with E-state index in [4.69, 9.17) is 10.5 Å². The molecule has 2 nitrogen and oxygen atoms in total. The molecule has 2 N–H and O–H groups in total. The van der Waals surface area contributed by atoms with Crippen molar-refractivity contribution in [3.8, 4) is 5.75 Å². The molecule has 0 bridgehead atoms. The second kappa shape index (κ2) is 5.53. The molecule has 3 rings (SSSR count). The number of fused-ring (bicyclic) bond motifs is 1. The third kappa shape index (κ3) is 2.68. The highest BCUT2D eigenvalue weighted by atomic mass is 16.5. The highest BCUT2D eigenvalue weighted by Gasteiger charge is 2.25. The number of ether oxygens (including phenoxy) is 1. The van der Waals surface area contributed by atoms with Crippen LogP contribution in [0.15, 0.2) is 42.5 Å². The Morgan fingerprint density at radius 3 is 2.43 bits per heavy atom. The van der Waals surface area contributed by atoms with E-state index in [0.29, 0.717) is 0 Å². The van der Waals surface area contributed by atoms with E-state index in [1.165, 1.54) is 42.4 Å². The predicted molar refractivity (Wildman–Crippen MR) is 86.7 cm³/mol. The van der Waals surface area contributed by atoms with Crippen LogP contribution in [0.4, 0.5) is 0 Å². The number of methoxy groups -OCH3 is 1. The molecule has 2 aromatic rings. The first kappa shape index (κ1) is 14.2. The maximum absolute atomic E-state index is 6.66. The third-order valence-corrected chi connectivity index (χ3v) is 4.62. The summed E-state index contributed by atoms with van der Waals surface area (Å²) < 4.78 is 5.32. The van der Waals surface area contributed by atoms with Gasteiger partial charge in [-0.25, -0.2) is 0 Å². The zero-order valence-corrected chi connectivity index (χ0v) is 12.9. The summed E-state index contributed by atoms with van der Waals surface area (Å²) in [4.78, 5) is 0. The summed E-state index contributed by atoms with van der Waals surface area (Å²) in [5.41, 5.74) is 11.4. The maximum atomic E-state index is 6.66. The van der Waals surface area contributed by atoms with Crippen molar-refractivity contribution in [3.63, 3.8) is 0 Å². The Balaban J connectivity index is 2.00. The lowest BCUT2D eigenvalue weighted by Crippen LogP contribution is -2.34. The van der Waals surface area contributed by atoms with Gasteiger partial charge >= 0.3 is 0 Å². The van der Waals surface area contributed by atoms with Gasteiger partial charge in [-0.15, -0.1) is 0 Å². The fourth-order valence-corrected chi connectivity index (χ4v) is 3.17. The van der Waals surface area contributed by atoms with Crippen LogP contribution in [-0.4, -0.2) is 7.11 Å². The second-order valence-electron chi connectivity index (χ2n) is 6.12. The average molecular weight is 281 g/mol. The monoisotopic (exact) mass is 281 g/mol. The highest BCUT2D eigenvalue weighted by Crippen LogP contribution is 2.32. The topological polar surface area (TPSA) is 35.2 Å². The van der Waals surface area contributed by atoms with Gasteiger partial charge < -0.3 is 10.5 Å². The van der Waals surface area contributed by atoms with Crippen molar-refractivity contribution in [1.82, 2.24) is 0 Å². The molecule has 1 atom stereocenters. The van der Waals surface area contributed by atoms with Crippen molar-refractivity contribution in [2.24, 2.45) is 5.73 Å². The first-order valence-corrected chi connectivity index (χ1v) is 7.67. The number of aryl methyl sites for hydroxylation is 2. The maximum Gasteiger partial charge on any atom is 0.119 e. The zero-order chi connectivity index (χ0) is 14.9. The lowest BCUT2D eigenvalue weighted by atomic mass is 9.82. The Morgan fingerprint density at radius 1 is 0.952 bits per heavy atom. The number of nitrogens with two attached hydrogens (primary N) is 1. The molecule has 0 amide bonds. The molecular formula is C19H23NO. The van der Waals surface area contributed by atoms with Crippen molar-refractivity contribution in [3.05, 3.63) is 64.7 Å². The SMILES string of the molecule is COc1cccc(C(C)(N)c2ccc3c(c2)CCCC3)c1. The number of hydrogen-bond donors (Lipinski definition) is 1. The van der Waals surface area contributed by atoms with Gasteiger partial charge in [-0.2, -0.15) is 0 Å². The van der Waals surface area contributed by atoms with Gasteiger partial charge in [0.05, 0.1) is 12.6 Å². The van der Waals surface area contributed by atoms with Crippen LogP contribution in [0.5, 0.6) is 5.75 Å². The zero-order valence-electron chi connectivity index (χ0n) is 12.9. The molecular weight excluding hydrogens is 258 g/mol. The van der Waals surface area contributed by atoms with Crippen LogP contribution in [0.25, 0.3) is 0 Å². The Bertz CT molecular complexity index is 646. The first-order chi connectivity index (χ1) is 10.1. The molecule has 0 spiro atoms. The van der Waals surface area contributed by atoms with Crippen molar-refractivity contribution < 1.29 is 4.74 Å². The molecule has 1 unspecified atom stereocenters. The van der Waals surface area contributed by atoms with Gasteiger partial charge in [0.2, 0.25) is 0 Å². The average Bonchev–Trinajstić information content (AvgIpc) is 2.54. The predicted octanol–water partition coefficient (Wildman–Crippen LogP) is 3.80. The molecule has 0 aromatic heterocycles. The summed E-state index contributed by atoms with van der Waals surface area (Å²) in [5.74, 6) is 0.849. The molecule has 21 heavy (non-hydrogen) atoms. The molecule has 0 saturated heterocycles. The quantitative estimate of drug-likeness (QED) is 0.929. The summed E-state index contributed by atoms with van der Waals surface area (Å²) in [6, 6.07) is 14.8. The minimum absolute atomic E-state index is 0.499. The molecule has 0 fully saturated rings. The van der Waals surface area contributed by atoms with E-state index in [1.807, 2.05) is 18.2 Å². The van der Waals surface area contributed by atoms with Crippen LogP contribution in [0.1, 0.15) is 42.0 Å². The van der Waals surface area contributed by atoms with Gasteiger partial charge in [0.15, 0.2) is 0 Å². The molecule has 2 aromatic carbocycles. The molecule has 1 aliphatic carbocycles. The number of rotatable bonds is 3. The highest BCUT2D eigenvalue weighted by molar-refractivity contribution is 5.44. The van der Waals surface area contributed by atoms with Crippen LogP contribution in [0, 0.1) is 0 Å². The molecule has 0 radical (unpaired) electrons. The molecule has 0 saturated carbocycles. The summed E-state index contributed by atoms with van der Waals surface area (Å²) in [6.45, 7) is 2.08. The Hall–Kier alpha value is -1.80. The standard InChI is InChI=1S/C19H23NO/c1-19(20,16-8-5-9-18(13-16)21-2)17-11-10-14-6-3-4-7-15(14)12-17/h5,8-13H,3-4,6-7,20H2,1-2H3. The van der Waals surface area contributed by atoms with Crippen molar-refractivity contribution in [1.29, 1.82) is 0 Å². The fourth-order valence-electron chi connectivity index (χ4n) is 3.17. The first-order valence-electron chi connectivity index (χ1n) is 7.67. The van der Waals surface area contributed by atoms with Gasteiger partial charge in [0.25, 0.3) is 0 Å². The Morgan fingerprint density at radius 2 is 1.67 bits per heavy atom. The summed E-state index contributed by atoms with van der Waals surface area (Å²) in [7, 11) is 1.69. The number of hydrogen-bond acceptors (Lipinski definition) is 2. The van der Waals surface area contributed by atoms with Gasteiger partial charge in [0.1, 0.15) is 5.75 Å². The van der Waals surface area contributed by atoms with Crippen molar-refractivity contribution >= 4 is 0 Å².